The first-order chi connectivity index (χ1) is 9.89. The van der Waals surface area contributed by atoms with Crippen molar-refractivity contribution in [2.75, 3.05) is 6.61 Å². The number of amidine groups is 1. The van der Waals surface area contributed by atoms with Crippen LogP contribution in [0.1, 0.15) is 0 Å². The van der Waals surface area contributed by atoms with Gasteiger partial charge in [-0.15, -0.1) is 0 Å². The highest BCUT2D eigenvalue weighted by atomic mass is 19.4. The van der Waals surface area contributed by atoms with E-state index in [1.54, 1.807) is 0 Å². The van der Waals surface area contributed by atoms with E-state index in [-0.39, 0.29) is 0 Å². The van der Waals surface area contributed by atoms with Gasteiger partial charge in [0.05, 0.1) is 0 Å². The van der Waals surface area contributed by atoms with Crippen molar-refractivity contribution in [2.45, 2.75) is 36.2 Å². The summed E-state index contributed by atoms with van der Waals surface area (Å²) in [5, 5.41) is 14.1. The third kappa shape index (κ3) is 3.29. The summed E-state index contributed by atoms with van der Waals surface area (Å²) in [7, 11) is 0. The van der Waals surface area contributed by atoms with E-state index in [0.29, 0.717) is 0 Å². The van der Waals surface area contributed by atoms with Crippen molar-refractivity contribution in [1.82, 2.24) is 0 Å². The molecule has 0 spiro atoms. The van der Waals surface area contributed by atoms with E-state index in [4.69, 9.17) is 10.5 Å². The van der Waals surface area contributed by atoms with E-state index in [1.807, 2.05) is 0 Å². The number of hydrogen-bond acceptors (Lipinski definition) is 3. The highest BCUT2D eigenvalue weighted by Gasteiger charge is 2.87. The minimum absolute atomic E-state index is 2.02. The van der Waals surface area contributed by atoms with Gasteiger partial charge in [0.2, 0.25) is 0 Å². The predicted molar refractivity (Wildman–Crippen MR) is 49.7 cm³/mol. The molecule has 23 heavy (non-hydrogen) atoms. The molecule has 0 fully saturated rings. The van der Waals surface area contributed by atoms with Crippen LogP contribution in [0.3, 0.4) is 0 Å². The molecule has 0 bridgehead atoms. The van der Waals surface area contributed by atoms with Crippen molar-refractivity contribution < 1.29 is 58.1 Å². The number of rotatable bonds is 8. The maximum absolute atomic E-state index is 13.0. The molecule has 15 heteroatoms. The number of halogens is 11. The molecule has 0 amide bonds. The minimum Gasteiger partial charge on any atom is -0.390 e. The number of alkyl halides is 11. The van der Waals surface area contributed by atoms with Gasteiger partial charge in [0.25, 0.3) is 6.36 Å². The molecular weight excluding hydrogens is 365 g/mol. The molecular formula is C8H7F11N2O2. The Bertz CT molecular complexity index is 453. The Hall–Kier alpha value is -1.38. The first-order valence-electron chi connectivity index (χ1n) is 5.04. The molecule has 1 atom stereocenters. The molecule has 1 unspecified atom stereocenters. The Morgan fingerprint density at radius 3 is 1.61 bits per heavy atom. The average molecular weight is 372 g/mol. The van der Waals surface area contributed by atoms with E-state index in [2.05, 4.69) is 10.5 Å². The van der Waals surface area contributed by atoms with Crippen LogP contribution in [0.5, 0.6) is 0 Å². The van der Waals surface area contributed by atoms with Crippen LogP contribution < -0.4 is 5.73 Å². The van der Waals surface area contributed by atoms with Gasteiger partial charge >= 0.3 is 29.8 Å². The van der Waals surface area contributed by atoms with Crippen LogP contribution >= 0.6 is 0 Å². The second kappa shape index (κ2) is 5.92. The average Bonchev–Trinajstić information content (AvgIpc) is 2.36. The van der Waals surface area contributed by atoms with Crippen molar-refractivity contribution in [1.29, 1.82) is 5.41 Å². The Labute approximate surface area is 119 Å². The lowest BCUT2D eigenvalue weighted by Crippen LogP contribution is -2.68. The third-order valence-electron chi connectivity index (χ3n) is 2.31. The summed E-state index contributed by atoms with van der Waals surface area (Å²) in [5.74, 6) is -30.3. The van der Waals surface area contributed by atoms with Gasteiger partial charge in [0, 0.05) is 0 Å². The van der Waals surface area contributed by atoms with Crippen molar-refractivity contribution in [3.8, 4) is 0 Å². The molecule has 0 rings (SSSR count). The lowest BCUT2D eigenvalue weighted by molar-refractivity contribution is -0.453. The van der Waals surface area contributed by atoms with Crippen LogP contribution in [-0.4, -0.2) is 53.7 Å². The number of aliphatic hydroxyl groups is 1. The molecule has 4 nitrogen and oxygen atoms in total. The van der Waals surface area contributed by atoms with Crippen LogP contribution in [0.15, 0.2) is 0 Å². The van der Waals surface area contributed by atoms with Gasteiger partial charge in [-0.25, -0.2) is 4.39 Å². The molecule has 0 aromatic heterocycles. The molecule has 0 aromatic carbocycles. The zero-order chi connectivity index (χ0) is 19.1. The van der Waals surface area contributed by atoms with E-state index in [0.717, 1.165) is 0 Å². The van der Waals surface area contributed by atoms with Gasteiger partial charge < -0.3 is 10.8 Å². The first-order valence-corrected chi connectivity index (χ1v) is 5.04. The van der Waals surface area contributed by atoms with E-state index >= 15 is 0 Å². The molecule has 0 aliphatic rings. The van der Waals surface area contributed by atoms with Crippen LogP contribution in [0.25, 0.3) is 0 Å². The molecule has 0 saturated heterocycles. The van der Waals surface area contributed by atoms with E-state index in [1.165, 1.54) is 0 Å². The maximum Gasteiger partial charge on any atom is 0.428 e. The molecule has 4 N–H and O–H groups in total. The number of nitrogens with two attached hydrogens (primary N) is 1. The van der Waals surface area contributed by atoms with Gasteiger partial charge in [-0.1, -0.05) is 0 Å². The smallest absolute Gasteiger partial charge is 0.390 e. The molecule has 0 aromatic rings. The summed E-state index contributed by atoms with van der Waals surface area (Å²) in [6.07, 6.45) is -10.7. The van der Waals surface area contributed by atoms with Gasteiger partial charge in [-0.2, -0.15) is 43.9 Å². The topological polar surface area (TPSA) is 79.3 Å². The zero-order valence-electron chi connectivity index (χ0n) is 10.4. The third-order valence-corrected chi connectivity index (χ3v) is 2.31. The number of ether oxygens (including phenoxy) is 1. The Morgan fingerprint density at radius 1 is 0.913 bits per heavy atom. The summed E-state index contributed by atoms with van der Waals surface area (Å²) in [6, 6.07) is 0. The molecule has 0 radical (unpaired) electrons. The number of aliphatic hydroxyl groups excluding tert-OH is 1. The number of hydrogen-bond donors (Lipinski definition) is 3. The van der Waals surface area contributed by atoms with Crippen LogP contribution in [0.4, 0.5) is 48.3 Å². The highest BCUT2D eigenvalue weighted by molar-refractivity contribution is 5.80. The highest BCUT2D eigenvalue weighted by Crippen LogP contribution is 2.57. The minimum atomic E-state index is -7.49. The van der Waals surface area contributed by atoms with E-state index < -0.39 is 48.6 Å². The predicted octanol–water partition coefficient (Wildman–Crippen LogP) is 2.36. The SMILES string of the molecule is N=C(N)C(F)OC(F)(F)C(F)(F)C(F)(F)C(F)(F)C(F)(F)CO. The van der Waals surface area contributed by atoms with Crippen LogP contribution in [0.2, 0.25) is 0 Å². The van der Waals surface area contributed by atoms with Crippen molar-refractivity contribution in [2.24, 2.45) is 5.73 Å². The lowest BCUT2D eigenvalue weighted by Gasteiger charge is -2.38. The van der Waals surface area contributed by atoms with Crippen LogP contribution in [-0.2, 0) is 4.74 Å². The Morgan fingerprint density at radius 2 is 1.30 bits per heavy atom. The van der Waals surface area contributed by atoms with Crippen molar-refractivity contribution in [3.05, 3.63) is 0 Å². The summed E-state index contributed by atoms with van der Waals surface area (Å²) in [5.41, 5.74) is 4.19. The molecule has 0 saturated carbocycles. The second-order valence-corrected chi connectivity index (χ2v) is 3.99. The molecule has 138 valence electrons. The standard InChI is InChI=1S/C8H7F11N2O2/c9-2(3(20)21)23-8(18,19)7(16,17)6(14,15)5(12,13)4(10,11)1-22/h2,22H,1H2,(H3,20,21). The fraction of sp³-hybridized carbons (Fsp3) is 0.875. The second-order valence-electron chi connectivity index (χ2n) is 3.99. The lowest BCUT2D eigenvalue weighted by atomic mass is 9.98. The molecule has 0 aliphatic heterocycles. The van der Waals surface area contributed by atoms with Crippen molar-refractivity contribution >= 4 is 5.84 Å². The number of nitrogens with one attached hydrogen (secondary N) is 1. The summed E-state index contributed by atoms with van der Waals surface area (Å²) in [4.78, 5) is 0. The fourth-order valence-electron chi connectivity index (χ4n) is 0.976. The summed E-state index contributed by atoms with van der Waals surface area (Å²) >= 11 is 0. The normalized spacial score (nSPS) is 16.3. The fourth-order valence-corrected chi connectivity index (χ4v) is 0.976. The van der Waals surface area contributed by atoms with Gasteiger partial charge in [0.1, 0.15) is 6.61 Å². The summed E-state index contributed by atoms with van der Waals surface area (Å²) < 4.78 is 143. The van der Waals surface area contributed by atoms with Crippen molar-refractivity contribution in [3.63, 3.8) is 0 Å². The van der Waals surface area contributed by atoms with E-state index in [9.17, 15) is 48.3 Å². The Kier molecular flexibility index (Phi) is 5.56. The Balaban J connectivity index is 5.91. The molecule has 0 heterocycles. The monoisotopic (exact) mass is 372 g/mol. The first kappa shape index (κ1) is 21.6. The summed E-state index contributed by atoms with van der Waals surface area (Å²) in [6.45, 7) is -3.09. The van der Waals surface area contributed by atoms with Gasteiger partial charge in [0.15, 0.2) is 5.84 Å². The largest absolute Gasteiger partial charge is 0.428 e. The quantitative estimate of drug-likeness (QED) is 0.348. The van der Waals surface area contributed by atoms with Gasteiger partial charge in [-0.3, -0.25) is 10.1 Å². The maximum atomic E-state index is 13.0. The van der Waals surface area contributed by atoms with Crippen LogP contribution in [0, 0.1) is 5.41 Å². The molecule has 0 aliphatic carbocycles. The zero-order valence-corrected chi connectivity index (χ0v) is 10.4. The van der Waals surface area contributed by atoms with Gasteiger partial charge in [-0.05, 0) is 0 Å².